The molecule has 1 saturated carbocycles. The van der Waals surface area contributed by atoms with Crippen LogP contribution in [0.15, 0.2) is 18.2 Å². The van der Waals surface area contributed by atoms with Gasteiger partial charge in [0.25, 0.3) is 5.91 Å². The second-order valence-electron chi connectivity index (χ2n) is 5.67. The fraction of sp³-hybridized carbons (Fsp3) is 0.533. The SMILES string of the molecule is CC(C1CC1)N(C)C(=O)c1cc(N)ccc1N(C)C. The van der Waals surface area contributed by atoms with Gasteiger partial charge in [-0.2, -0.15) is 0 Å². The number of anilines is 2. The largest absolute Gasteiger partial charge is 0.399 e. The third-order valence-electron chi connectivity index (χ3n) is 3.97. The van der Waals surface area contributed by atoms with E-state index in [1.165, 1.54) is 12.8 Å². The van der Waals surface area contributed by atoms with Gasteiger partial charge in [0.05, 0.1) is 5.56 Å². The lowest BCUT2D eigenvalue weighted by molar-refractivity contribution is 0.0728. The van der Waals surface area contributed by atoms with Crippen LogP contribution in [0.25, 0.3) is 0 Å². The summed E-state index contributed by atoms with van der Waals surface area (Å²) in [6, 6.07) is 5.80. The maximum atomic E-state index is 12.6. The van der Waals surface area contributed by atoms with Crippen LogP contribution >= 0.6 is 0 Å². The maximum Gasteiger partial charge on any atom is 0.256 e. The summed E-state index contributed by atoms with van der Waals surface area (Å²) in [5.41, 5.74) is 8.04. The molecule has 0 heterocycles. The normalized spacial score (nSPS) is 16.0. The molecule has 1 atom stereocenters. The third-order valence-corrected chi connectivity index (χ3v) is 3.97. The van der Waals surface area contributed by atoms with Crippen molar-refractivity contribution in [3.8, 4) is 0 Å². The van der Waals surface area contributed by atoms with Gasteiger partial charge in [-0.05, 0) is 43.9 Å². The number of carbonyl (C=O) groups excluding carboxylic acids is 1. The lowest BCUT2D eigenvalue weighted by Gasteiger charge is -2.27. The van der Waals surface area contributed by atoms with E-state index in [1.54, 1.807) is 6.07 Å². The first kappa shape index (κ1) is 13.7. The molecule has 19 heavy (non-hydrogen) atoms. The molecule has 1 aromatic rings. The first-order chi connectivity index (χ1) is 8.91. The van der Waals surface area contributed by atoms with Crippen molar-refractivity contribution in [2.24, 2.45) is 5.92 Å². The Labute approximate surface area is 115 Å². The predicted octanol–water partition coefficient (Wildman–Crippen LogP) is 2.21. The van der Waals surface area contributed by atoms with Crippen molar-refractivity contribution >= 4 is 17.3 Å². The van der Waals surface area contributed by atoms with Gasteiger partial charge in [-0.3, -0.25) is 4.79 Å². The van der Waals surface area contributed by atoms with Gasteiger partial charge in [0.1, 0.15) is 0 Å². The molecule has 0 aromatic heterocycles. The van der Waals surface area contributed by atoms with Crippen molar-refractivity contribution in [1.82, 2.24) is 4.90 Å². The molecule has 1 unspecified atom stereocenters. The average molecular weight is 261 g/mol. The highest BCUT2D eigenvalue weighted by molar-refractivity contribution is 6.00. The Balaban J connectivity index is 2.28. The Morgan fingerprint density at radius 2 is 1.95 bits per heavy atom. The maximum absolute atomic E-state index is 12.6. The molecule has 0 bridgehead atoms. The first-order valence-corrected chi connectivity index (χ1v) is 6.76. The zero-order valence-electron chi connectivity index (χ0n) is 12.2. The van der Waals surface area contributed by atoms with Crippen LogP contribution in [0.2, 0.25) is 0 Å². The van der Waals surface area contributed by atoms with Crippen LogP contribution in [-0.4, -0.2) is 38.0 Å². The van der Waals surface area contributed by atoms with Gasteiger partial charge < -0.3 is 15.5 Å². The minimum Gasteiger partial charge on any atom is -0.399 e. The van der Waals surface area contributed by atoms with E-state index in [4.69, 9.17) is 5.73 Å². The van der Waals surface area contributed by atoms with Crippen LogP contribution in [0, 0.1) is 5.92 Å². The average Bonchev–Trinajstić information content (AvgIpc) is 3.19. The Bertz CT molecular complexity index is 480. The molecule has 2 N–H and O–H groups in total. The molecular formula is C15H23N3O. The zero-order chi connectivity index (χ0) is 14.2. The Kier molecular flexibility index (Phi) is 3.69. The fourth-order valence-electron chi connectivity index (χ4n) is 2.38. The van der Waals surface area contributed by atoms with Gasteiger partial charge in [0, 0.05) is 38.6 Å². The molecule has 1 amide bonds. The van der Waals surface area contributed by atoms with Crippen LogP contribution in [0.3, 0.4) is 0 Å². The molecule has 0 saturated heterocycles. The van der Waals surface area contributed by atoms with E-state index >= 15 is 0 Å². The van der Waals surface area contributed by atoms with Gasteiger partial charge in [-0.15, -0.1) is 0 Å². The molecule has 0 spiro atoms. The molecule has 1 fully saturated rings. The van der Waals surface area contributed by atoms with Crippen LogP contribution < -0.4 is 10.6 Å². The van der Waals surface area contributed by atoms with Crippen molar-refractivity contribution < 1.29 is 4.79 Å². The van der Waals surface area contributed by atoms with E-state index in [0.29, 0.717) is 23.2 Å². The summed E-state index contributed by atoms with van der Waals surface area (Å²) in [5, 5.41) is 0. The Hall–Kier alpha value is -1.71. The van der Waals surface area contributed by atoms with Crippen LogP contribution in [0.1, 0.15) is 30.1 Å². The number of carbonyl (C=O) groups is 1. The summed E-state index contributed by atoms with van der Waals surface area (Å²) in [7, 11) is 5.76. The summed E-state index contributed by atoms with van der Waals surface area (Å²) in [6.07, 6.45) is 2.46. The molecule has 0 aliphatic heterocycles. The fourth-order valence-corrected chi connectivity index (χ4v) is 2.38. The summed E-state index contributed by atoms with van der Waals surface area (Å²) in [5.74, 6) is 0.716. The number of hydrogen-bond acceptors (Lipinski definition) is 3. The molecule has 4 heteroatoms. The molecule has 0 radical (unpaired) electrons. The number of amides is 1. The van der Waals surface area contributed by atoms with Crippen molar-refractivity contribution in [3.05, 3.63) is 23.8 Å². The second-order valence-corrected chi connectivity index (χ2v) is 5.67. The zero-order valence-corrected chi connectivity index (χ0v) is 12.2. The van der Waals surface area contributed by atoms with Crippen LogP contribution in [0.5, 0.6) is 0 Å². The number of hydrogen-bond donors (Lipinski definition) is 1. The monoisotopic (exact) mass is 261 g/mol. The highest BCUT2D eigenvalue weighted by Gasteiger charge is 2.33. The second kappa shape index (κ2) is 5.11. The molecular weight excluding hydrogens is 238 g/mol. The van der Waals surface area contributed by atoms with E-state index in [-0.39, 0.29) is 5.91 Å². The molecule has 1 aliphatic carbocycles. The highest BCUT2D eigenvalue weighted by Crippen LogP contribution is 2.35. The number of nitrogens with zero attached hydrogens (tertiary/aromatic N) is 2. The van der Waals surface area contributed by atoms with Gasteiger partial charge in [-0.1, -0.05) is 0 Å². The van der Waals surface area contributed by atoms with Crippen molar-refractivity contribution in [3.63, 3.8) is 0 Å². The minimum atomic E-state index is 0.0513. The molecule has 1 aliphatic rings. The first-order valence-electron chi connectivity index (χ1n) is 6.76. The molecule has 1 aromatic carbocycles. The number of nitrogen functional groups attached to an aromatic ring is 1. The topological polar surface area (TPSA) is 49.6 Å². The number of nitrogens with two attached hydrogens (primary N) is 1. The lowest BCUT2D eigenvalue weighted by atomic mass is 10.1. The van der Waals surface area contributed by atoms with Crippen LogP contribution in [0.4, 0.5) is 11.4 Å². The minimum absolute atomic E-state index is 0.0513. The summed E-state index contributed by atoms with van der Waals surface area (Å²) < 4.78 is 0. The van der Waals surface area contributed by atoms with E-state index in [1.807, 2.05) is 43.1 Å². The lowest BCUT2D eigenvalue weighted by Crippen LogP contribution is -2.37. The van der Waals surface area contributed by atoms with Gasteiger partial charge in [0.15, 0.2) is 0 Å². The van der Waals surface area contributed by atoms with E-state index in [9.17, 15) is 4.79 Å². The third kappa shape index (κ3) is 2.83. The van der Waals surface area contributed by atoms with Crippen molar-refractivity contribution in [2.45, 2.75) is 25.8 Å². The summed E-state index contributed by atoms with van der Waals surface area (Å²) >= 11 is 0. The van der Waals surface area contributed by atoms with Gasteiger partial charge in [-0.25, -0.2) is 0 Å². The number of rotatable bonds is 4. The van der Waals surface area contributed by atoms with E-state index in [0.717, 1.165) is 5.69 Å². The smallest absolute Gasteiger partial charge is 0.256 e. The Morgan fingerprint density at radius 1 is 1.32 bits per heavy atom. The summed E-state index contributed by atoms with van der Waals surface area (Å²) in [6.45, 7) is 2.12. The van der Waals surface area contributed by atoms with Crippen molar-refractivity contribution in [2.75, 3.05) is 31.8 Å². The van der Waals surface area contributed by atoms with E-state index < -0.39 is 0 Å². The molecule has 4 nitrogen and oxygen atoms in total. The molecule has 2 rings (SSSR count). The quantitative estimate of drug-likeness (QED) is 0.845. The highest BCUT2D eigenvalue weighted by atomic mass is 16.2. The van der Waals surface area contributed by atoms with Gasteiger partial charge >= 0.3 is 0 Å². The predicted molar refractivity (Wildman–Crippen MR) is 79.5 cm³/mol. The van der Waals surface area contributed by atoms with Crippen LogP contribution in [-0.2, 0) is 0 Å². The molecule has 104 valence electrons. The van der Waals surface area contributed by atoms with Gasteiger partial charge in [0.2, 0.25) is 0 Å². The van der Waals surface area contributed by atoms with E-state index in [2.05, 4.69) is 6.92 Å². The number of benzene rings is 1. The summed E-state index contributed by atoms with van der Waals surface area (Å²) in [4.78, 5) is 16.4. The Morgan fingerprint density at radius 3 is 2.47 bits per heavy atom. The van der Waals surface area contributed by atoms with Crippen molar-refractivity contribution in [1.29, 1.82) is 0 Å². The standard InChI is InChI=1S/C15H23N3O/c1-10(11-5-6-11)18(4)15(19)13-9-12(16)7-8-14(13)17(2)3/h7-11H,5-6,16H2,1-4H3.